The van der Waals surface area contributed by atoms with Crippen molar-refractivity contribution in [3.63, 3.8) is 0 Å². The lowest BCUT2D eigenvalue weighted by atomic mass is 9.94. The van der Waals surface area contributed by atoms with Crippen molar-refractivity contribution in [1.82, 2.24) is 35.1 Å². The summed E-state index contributed by atoms with van der Waals surface area (Å²) >= 11 is 0. The van der Waals surface area contributed by atoms with Gasteiger partial charge in [-0.15, -0.1) is 0 Å². The third kappa shape index (κ3) is 5.75. The van der Waals surface area contributed by atoms with E-state index in [1.807, 2.05) is 6.92 Å². The number of hydrogen-bond donors (Lipinski definition) is 2. The van der Waals surface area contributed by atoms with Crippen LogP contribution in [0, 0.1) is 0 Å². The molecule has 3 amide bonds. The van der Waals surface area contributed by atoms with Crippen LogP contribution in [0.15, 0.2) is 6.07 Å². The van der Waals surface area contributed by atoms with Crippen LogP contribution in [0.25, 0.3) is 0 Å². The number of unbranched alkanes of at least 4 members (excludes halogenated alkanes) is 1. The van der Waals surface area contributed by atoms with Crippen molar-refractivity contribution >= 4 is 17.7 Å². The molecule has 36 heavy (non-hydrogen) atoms. The molecule has 0 aromatic carbocycles. The Hall–Kier alpha value is -2.46. The normalized spacial score (nSPS) is 23.6. The fourth-order valence-electron chi connectivity index (χ4n) is 5.58. The van der Waals surface area contributed by atoms with Crippen molar-refractivity contribution < 1.29 is 14.4 Å². The summed E-state index contributed by atoms with van der Waals surface area (Å²) in [7, 11) is 0. The van der Waals surface area contributed by atoms with Crippen molar-refractivity contribution in [2.24, 2.45) is 0 Å². The van der Waals surface area contributed by atoms with Crippen molar-refractivity contribution in [1.29, 1.82) is 0 Å². The van der Waals surface area contributed by atoms with Crippen molar-refractivity contribution in [2.75, 3.05) is 52.4 Å². The zero-order valence-corrected chi connectivity index (χ0v) is 22.2. The average Bonchev–Trinajstić information content (AvgIpc) is 3.54. The summed E-state index contributed by atoms with van der Waals surface area (Å²) in [4.78, 5) is 46.3. The predicted octanol–water partition coefficient (Wildman–Crippen LogP) is 1.32. The Morgan fingerprint density at radius 1 is 1.08 bits per heavy atom. The number of rotatable bonds is 10. The molecule has 1 saturated heterocycles. The minimum absolute atomic E-state index is 0.130. The summed E-state index contributed by atoms with van der Waals surface area (Å²) in [5.41, 5.74) is -0.439. The number of hydrogen-bond acceptors (Lipinski definition) is 6. The molecule has 4 rings (SSSR count). The lowest BCUT2D eigenvalue weighted by Gasteiger charge is -2.43. The van der Waals surface area contributed by atoms with Crippen molar-refractivity contribution in [3.05, 3.63) is 17.5 Å². The topological polar surface area (TPSA) is 103 Å². The van der Waals surface area contributed by atoms with Crippen LogP contribution < -0.4 is 10.6 Å². The first-order chi connectivity index (χ1) is 17.4. The van der Waals surface area contributed by atoms with Gasteiger partial charge in [0.2, 0.25) is 5.91 Å². The Kier molecular flexibility index (Phi) is 8.66. The Balaban J connectivity index is 1.42. The van der Waals surface area contributed by atoms with Gasteiger partial charge in [-0.3, -0.25) is 24.0 Å². The minimum Gasteiger partial charge on any atom is -0.351 e. The van der Waals surface area contributed by atoms with Crippen molar-refractivity contribution in [3.8, 4) is 0 Å². The molecule has 1 saturated carbocycles. The SMILES string of the molecule is CCCCN1C(=O)c2cc(C(=O)NCCN3CCN(CC)CC3)nn2C[C@@]1(C)C(=O)NC1CCCC1. The number of nitrogens with one attached hydrogen (secondary N) is 2. The molecule has 10 heteroatoms. The Labute approximate surface area is 214 Å². The maximum Gasteiger partial charge on any atom is 0.273 e. The fraction of sp³-hybridized carbons (Fsp3) is 0.769. The van der Waals surface area contributed by atoms with Crippen LogP contribution in [-0.4, -0.2) is 106 Å². The maximum atomic E-state index is 13.5. The van der Waals surface area contributed by atoms with Gasteiger partial charge < -0.3 is 20.4 Å². The molecule has 2 N–H and O–H groups in total. The molecule has 200 valence electrons. The minimum atomic E-state index is -1.04. The first kappa shape index (κ1) is 26.6. The highest BCUT2D eigenvalue weighted by atomic mass is 16.2. The molecule has 1 aliphatic carbocycles. The molecule has 0 bridgehead atoms. The molecule has 1 aromatic rings. The zero-order chi connectivity index (χ0) is 25.7. The molecule has 3 heterocycles. The van der Waals surface area contributed by atoms with E-state index in [1.54, 1.807) is 15.6 Å². The van der Waals surface area contributed by atoms with E-state index in [4.69, 9.17) is 0 Å². The van der Waals surface area contributed by atoms with E-state index in [0.717, 1.165) is 77.8 Å². The fourth-order valence-corrected chi connectivity index (χ4v) is 5.58. The molecule has 1 aromatic heterocycles. The Bertz CT molecular complexity index is 934. The summed E-state index contributed by atoms with van der Waals surface area (Å²) in [6.07, 6.45) is 5.94. The lowest BCUT2D eigenvalue weighted by Crippen LogP contribution is -2.65. The average molecular weight is 502 g/mol. The number of aromatic nitrogens is 2. The van der Waals surface area contributed by atoms with Gasteiger partial charge in [0.05, 0.1) is 6.54 Å². The molecule has 0 unspecified atom stereocenters. The van der Waals surface area contributed by atoms with E-state index in [2.05, 4.69) is 39.4 Å². The molecule has 0 radical (unpaired) electrons. The van der Waals surface area contributed by atoms with E-state index in [0.29, 0.717) is 18.8 Å². The van der Waals surface area contributed by atoms with E-state index in [9.17, 15) is 14.4 Å². The van der Waals surface area contributed by atoms with Crippen LogP contribution in [0.5, 0.6) is 0 Å². The molecular formula is C26H43N7O3. The number of nitrogens with zero attached hydrogens (tertiary/aromatic N) is 5. The van der Waals surface area contributed by atoms with Gasteiger partial charge in [-0.05, 0) is 32.7 Å². The van der Waals surface area contributed by atoms with Gasteiger partial charge in [-0.2, -0.15) is 5.10 Å². The van der Waals surface area contributed by atoms with Gasteiger partial charge in [0.25, 0.3) is 11.8 Å². The van der Waals surface area contributed by atoms with E-state index in [1.165, 1.54) is 0 Å². The zero-order valence-electron chi connectivity index (χ0n) is 22.2. The van der Waals surface area contributed by atoms with E-state index >= 15 is 0 Å². The molecule has 10 nitrogen and oxygen atoms in total. The number of carbonyl (C=O) groups is 3. The van der Waals surface area contributed by atoms with Gasteiger partial charge in [0.1, 0.15) is 11.2 Å². The van der Waals surface area contributed by atoms with Crippen LogP contribution in [0.4, 0.5) is 0 Å². The van der Waals surface area contributed by atoms with Gasteiger partial charge in [0.15, 0.2) is 5.69 Å². The highest BCUT2D eigenvalue weighted by Crippen LogP contribution is 2.29. The van der Waals surface area contributed by atoms with Crippen LogP contribution in [-0.2, 0) is 11.3 Å². The highest BCUT2D eigenvalue weighted by Gasteiger charge is 2.48. The molecular weight excluding hydrogens is 458 g/mol. The summed E-state index contributed by atoms with van der Waals surface area (Å²) in [6, 6.07) is 1.74. The highest BCUT2D eigenvalue weighted by molar-refractivity contribution is 6.01. The molecule has 2 fully saturated rings. The van der Waals surface area contributed by atoms with Crippen LogP contribution in [0.1, 0.15) is 80.3 Å². The largest absolute Gasteiger partial charge is 0.351 e. The van der Waals surface area contributed by atoms with Gasteiger partial charge in [0, 0.05) is 57.9 Å². The number of amides is 3. The number of fused-ring (bicyclic) bond motifs is 1. The second kappa shape index (κ2) is 11.7. The standard InChI is InChI=1S/C26H43N7O3/c1-4-6-12-32-24(35)22-18-21(23(34)27-11-13-31-16-14-30(5-2)15-17-31)29-33(22)19-26(32,3)25(36)28-20-9-7-8-10-20/h18,20H,4-17,19H2,1-3H3,(H,27,34)(H,28,36)/t26-/m0/s1. The van der Waals surface area contributed by atoms with Crippen LogP contribution >= 0.6 is 0 Å². The van der Waals surface area contributed by atoms with Crippen molar-refractivity contribution in [2.45, 2.75) is 77.4 Å². The summed E-state index contributed by atoms with van der Waals surface area (Å²) in [6.45, 7) is 13.3. The van der Waals surface area contributed by atoms with Gasteiger partial charge >= 0.3 is 0 Å². The monoisotopic (exact) mass is 501 g/mol. The summed E-state index contributed by atoms with van der Waals surface area (Å²) < 4.78 is 1.55. The third-order valence-electron chi connectivity index (χ3n) is 8.07. The van der Waals surface area contributed by atoms with Crippen LogP contribution in [0.2, 0.25) is 0 Å². The molecule has 2 aliphatic heterocycles. The number of likely N-dealkylation sites (N-methyl/N-ethyl adjacent to an activating group) is 1. The predicted molar refractivity (Wildman–Crippen MR) is 138 cm³/mol. The second-order valence-electron chi connectivity index (χ2n) is 10.6. The number of carbonyl (C=O) groups excluding carboxylic acids is 3. The first-order valence-electron chi connectivity index (χ1n) is 13.8. The Morgan fingerprint density at radius 2 is 1.78 bits per heavy atom. The second-order valence-corrected chi connectivity index (χ2v) is 10.6. The molecule has 0 spiro atoms. The first-order valence-corrected chi connectivity index (χ1v) is 13.8. The van der Waals surface area contributed by atoms with E-state index < -0.39 is 5.54 Å². The third-order valence-corrected chi connectivity index (χ3v) is 8.07. The van der Waals surface area contributed by atoms with Gasteiger partial charge in [-0.25, -0.2) is 0 Å². The maximum absolute atomic E-state index is 13.5. The smallest absolute Gasteiger partial charge is 0.273 e. The molecule has 1 atom stereocenters. The van der Waals surface area contributed by atoms with Gasteiger partial charge in [-0.1, -0.05) is 33.1 Å². The van der Waals surface area contributed by atoms with E-state index in [-0.39, 0.29) is 36.0 Å². The summed E-state index contributed by atoms with van der Waals surface area (Å²) in [5.74, 6) is -0.651. The Morgan fingerprint density at radius 3 is 2.44 bits per heavy atom. The van der Waals surface area contributed by atoms with Crippen LogP contribution in [0.3, 0.4) is 0 Å². The molecule has 3 aliphatic rings. The lowest BCUT2D eigenvalue weighted by molar-refractivity contribution is -0.133. The summed E-state index contributed by atoms with van der Waals surface area (Å²) in [5, 5.41) is 10.6. The number of piperazine rings is 1. The quantitative estimate of drug-likeness (QED) is 0.501.